The maximum absolute atomic E-state index is 13.5. The zero-order valence-electron chi connectivity index (χ0n) is 10.8. The first-order valence-corrected chi connectivity index (χ1v) is 6.18. The highest BCUT2D eigenvalue weighted by Crippen LogP contribution is 2.17. The lowest BCUT2D eigenvalue weighted by Gasteiger charge is -2.20. The van der Waals surface area contributed by atoms with Gasteiger partial charge in [-0.2, -0.15) is 0 Å². The van der Waals surface area contributed by atoms with Crippen molar-refractivity contribution in [3.63, 3.8) is 0 Å². The van der Waals surface area contributed by atoms with Crippen LogP contribution in [0.2, 0.25) is 0 Å². The molecule has 3 heteroatoms. The lowest BCUT2D eigenvalue weighted by molar-refractivity contribution is 0.403. The normalized spacial score (nSPS) is 14.6. The Balaban J connectivity index is 2.70. The van der Waals surface area contributed by atoms with Crippen LogP contribution in [0.3, 0.4) is 0 Å². The maximum Gasteiger partial charge on any atom is 0.162 e. The minimum absolute atomic E-state index is 0.196. The molecular weight excluding hydrogens is 220 g/mol. The minimum Gasteiger partial charge on any atom is -0.317 e. The molecule has 0 saturated carbocycles. The maximum atomic E-state index is 13.5. The number of benzene rings is 1. The van der Waals surface area contributed by atoms with Gasteiger partial charge in [0.05, 0.1) is 0 Å². The Kier molecular flexibility index (Phi) is 5.56. The van der Waals surface area contributed by atoms with Crippen molar-refractivity contribution in [2.24, 2.45) is 5.92 Å². The quantitative estimate of drug-likeness (QED) is 0.803. The third-order valence-corrected chi connectivity index (χ3v) is 3.29. The largest absolute Gasteiger partial charge is 0.317 e. The van der Waals surface area contributed by atoms with E-state index in [9.17, 15) is 8.78 Å². The van der Waals surface area contributed by atoms with Crippen molar-refractivity contribution in [3.8, 4) is 0 Å². The van der Waals surface area contributed by atoms with Crippen molar-refractivity contribution >= 4 is 0 Å². The van der Waals surface area contributed by atoms with E-state index in [1.807, 2.05) is 7.05 Å². The Morgan fingerprint density at radius 2 is 2.00 bits per heavy atom. The predicted molar refractivity (Wildman–Crippen MR) is 67.0 cm³/mol. The van der Waals surface area contributed by atoms with E-state index in [0.29, 0.717) is 17.9 Å². The van der Waals surface area contributed by atoms with Crippen LogP contribution >= 0.6 is 0 Å². The molecule has 0 aliphatic carbocycles. The van der Waals surface area contributed by atoms with Crippen LogP contribution in [0.5, 0.6) is 0 Å². The van der Waals surface area contributed by atoms with Crippen molar-refractivity contribution in [3.05, 3.63) is 35.4 Å². The van der Waals surface area contributed by atoms with Gasteiger partial charge in [-0.15, -0.1) is 0 Å². The molecule has 0 heterocycles. The van der Waals surface area contributed by atoms with E-state index in [4.69, 9.17) is 0 Å². The van der Waals surface area contributed by atoms with E-state index in [1.54, 1.807) is 12.1 Å². The number of hydrogen-bond acceptors (Lipinski definition) is 1. The summed E-state index contributed by atoms with van der Waals surface area (Å²) in [5.74, 6) is -0.887. The van der Waals surface area contributed by atoms with Crippen molar-refractivity contribution in [2.45, 2.75) is 39.2 Å². The summed E-state index contributed by atoms with van der Waals surface area (Å²) in [6.45, 7) is 4.31. The summed E-state index contributed by atoms with van der Waals surface area (Å²) in [5.41, 5.74) is 0.452. The second-order valence-electron chi connectivity index (χ2n) is 4.65. The zero-order valence-corrected chi connectivity index (χ0v) is 10.8. The van der Waals surface area contributed by atoms with Crippen LogP contribution in [-0.2, 0) is 6.42 Å². The molecule has 96 valence electrons. The molecule has 0 spiro atoms. The number of rotatable bonds is 6. The second kappa shape index (κ2) is 6.70. The average molecular weight is 241 g/mol. The van der Waals surface area contributed by atoms with Crippen LogP contribution in [0.25, 0.3) is 0 Å². The van der Waals surface area contributed by atoms with Crippen LogP contribution in [0.1, 0.15) is 32.3 Å². The van der Waals surface area contributed by atoms with E-state index in [0.717, 1.165) is 18.9 Å². The minimum atomic E-state index is -0.763. The molecule has 0 aliphatic rings. The summed E-state index contributed by atoms with van der Waals surface area (Å²) in [6, 6.07) is 4.56. The molecule has 1 nitrogen and oxygen atoms in total. The molecule has 0 fully saturated rings. The Labute approximate surface area is 102 Å². The summed E-state index contributed by atoms with van der Waals surface area (Å²) >= 11 is 0. The molecule has 1 rings (SSSR count). The van der Waals surface area contributed by atoms with Gasteiger partial charge >= 0.3 is 0 Å². The Morgan fingerprint density at radius 1 is 1.29 bits per heavy atom. The first-order chi connectivity index (χ1) is 8.08. The highest BCUT2D eigenvalue weighted by Gasteiger charge is 2.15. The van der Waals surface area contributed by atoms with Crippen molar-refractivity contribution in [1.82, 2.24) is 5.32 Å². The predicted octanol–water partition coefficient (Wildman–Crippen LogP) is 3.53. The van der Waals surface area contributed by atoms with Gasteiger partial charge in [0.25, 0.3) is 0 Å². The first-order valence-electron chi connectivity index (χ1n) is 6.18. The zero-order chi connectivity index (χ0) is 12.8. The molecule has 0 radical (unpaired) electrons. The number of nitrogens with one attached hydrogen (secondary N) is 1. The molecule has 2 unspecified atom stereocenters. The van der Waals surface area contributed by atoms with Crippen molar-refractivity contribution in [2.75, 3.05) is 7.05 Å². The Bertz CT molecular complexity index is 352. The van der Waals surface area contributed by atoms with E-state index < -0.39 is 11.6 Å². The summed E-state index contributed by atoms with van der Waals surface area (Å²) < 4.78 is 26.6. The molecular formula is C14H21F2N. The molecule has 0 saturated heterocycles. The summed E-state index contributed by atoms with van der Waals surface area (Å²) in [5, 5.41) is 3.17. The fraction of sp³-hybridized carbons (Fsp3) is 0.571. The lowest BCUT2D eigenvalue weighted by Crippen LogP contribution is -2.30. The van der Waals surface area contributed by atoms with Gasteiger partial charge in [-0.05, 0) is 37.4 Å². The fourth-order valence-electron chi connectivity index (χ4n) is 1.93. The smallest absolute Gasteiger partial charge is 0.162 e. The molecule has 0 bridgehead atoms. The van der Waals surface area contributed by atoms with Crippen LogP contribution in [-0.4, -0.2) is 13.1 Å². The summed E-state index contributed by atoms with van der Waals surface area (Å²) in [7, 11) is 1.87. The molecule has 0 aromatic heterocycles. The standard InChI is InChI=1S/C14H21F2N/c1-4-10(2)8-12(17-3)9-11-6-5-7-13(15)14(11)16/h5-7,10,12,17H,4,8-9H2,1-3H3. The molecule has 1 aromatic rings. The number of hydrogen-bond donors (Lipinski definition) is 1. The molecule has 1 N–H and O–H groups in total. The van der Waals surface area contributed by atoms with E-state index in [2.05, 4.69) is 19.2 Å². The monoisotopic (exact) mass is 241 g/mol. The molecule has 17 heavy (non-hydrogen) atoms. The highest BCUT2D eigenvalue weighted by atomic mass is 19.2. The fourth-order valence-corrected chi connectivity index (χ4v) is 1.93. The van der Waals surface area contributed by atoms with Crippen molar-refractivity contribution in [1.29, 1.82) is 0 Å². The van der Waals surface area contributed by atoms with Crippen LogP contribution < -0.4 is 5.32 Å². The second-order valence-corrected chi connectivity index (χ2v) is 4.65. The molecule has 2 atom stereocenters. The summed E-state index contributed by atoms with van der Waals surface area (Å²) in [4.78, 5) is 0. The van der Waals surface area contributed by atoms with Crippen LogP contribution in [0.4, 0.5) is 8.78 Å². The van der Waals surface area contributed by atoms with E-state index in [-0.39, 0.29) is 6.04 Å². The molecule has 0 amide bonds. The highest BCUT2D eigenvalue weighted by molar-refractivity contribution is 5.20. The lowest BCUT2D eigenvalue weighted by atomic mass is 9.94. The Hall–Kier alpha value is -0.960. The number of halogens is 2. The van der Waals surface area contributed by atoms with Crippen LogP contribution in [0.15, 0.2) is 18.2 Å². The third-order valence-electron chi connectivity index (χ3n) is 3.29. The van der Waals surface area contributed by atoms with Gasteiger partial charge in [-0.3, -0.25) is 0 Å². The Morgan fingerprint density at radius 3 is 2.59 bits per heavy atom. The molecule has 1 aromatic carbocycles. The summed E-state index contributed by atoms with van der Waals surface area (Å²) in [6.07, 6.45) is 2.61. The van der Waals surface area contributed by atoms with Crippen LogP contribution in [0, 0.1) is 17.6 Å². The van der Waals surface area contributed by atoms with Gasteiger partial charge in [-0.25, -0.2) is 8.78 Å². The molecule has 0 aliphatic heterocycles. The SMILES string of the molecule is CCC(C)CC(Cc1cccc(F)c1F)NC. The van der Waals surface area contributed by atoms with Gasteiger partial charge < -0.3 is 5.32 Å². The van der Waals surface area contributed by atoms with Gasteiger partial charge in [0, 0.05) is 6.04 Å². The van der Waals surface area contributed by atoms with Crippen molar-refractivity contribution < 1.29 is 8.78 Å². The third kappa shape index (κ3) is 4.08. The van der Waals surface area contributed by atoms with Gasteiger partial charge in [0.2, 0.25) is 0 Å². The average Bonchev–Trinajstić information content (AvgIpc) is 2.33. The van der Waals surface area contributed by atoms with E-state index in [1.165, 1.54) is 0 Å². The topological polar surface area (TPSA) is 12.0 Å². The van der Waals surface area contributed by atoms with E-state index >= 15 is 0 Å². The van der Waals surface area contributed by atoms with Gasteiger partial charge in [0.1, 0.15) is 0 Å². The van der Waals surface area contributed by atoms with Gasteiger partial charge in [0.15, 0.2) is 11.6 Å². The van der Waals surface area contributed by atoms with Gasteiger partial charge in [-0.1, -0.05) is 32.4 Å². The first kappa shape index (κ1) is 14.1. The number of likely N-dealkylation sites (N-methyl/N-ethyl adjacent to an activating group) is 1.